The molecule has 1 aromatic rings. The number of likely N-dealkylation sites (N-methyl/N-ethyl adjacent to an activating group) is 1. The summed E-state index contributed by atoms with van der Waals surface area (Å²) < 4.78 is 5.94. The molecule has 3 rings (SSSR count). The molecule has 92 valence electrons. The first-order valence-electron chi connectivity index (χ1n) is 6.01. The first-order chi connectivity index (χ1) is 8.08. The topological polar surface area (TPSA) is 58.7 Å². The quantitative estimate of drug-likeness (QED) is 0.692. The fourth-order valence-electron chi connectivity index (χ4n) is 2.94. The first-order valence-corrected chi connectivity index (χ1v) is 6.01. The van der Waals surface area contributed by atoms with Gasteiger partial charge in [-0.25, -0.2) is 0 Å². The van der Waals surface area contributed by atoms with Crippen molar-refractivity contribution in [2.24, 2.45) is 5.73 Å². The van der Waals surface area contributed by atoms with Crippen LogP contribution in [0.5, 0.6) is 5.75 Å². The lowest BCUT2D eigenvalue weighted by Crippen LogP contribution is -2.51. The molecule has 4 heteroatoms. The van der Waals surface area contributed by atoms with Crippen LogP contribution in [0.2, 0.25) is 0 Å². The number of hydrogen-bond donors (Lipinski definition) is 2. The summed E-state index contributed by atoms with van der Waals surface area (Å²) in [6, 6.07) is 5.90. The van der Waals surface area contributed by atoms with Gasteiger partial charge in [-0.2, -0.15) is 0 Å². The van der Waals surface area contributed by atoms with Gasteiger partial charge in [0.15, 0.2) is 0 Å². The maximum Gasteiger partial charge on any atom is 0.143 e. The lowest BCUT2D eigenvalue weighted by molar-refractivity contribution is 0.106. The second-order valence-electron chi connectivity index (χ2n) is 5.12. The monoisotopic (exact) mass is 234 g/mol. The van der Waals surface area contributed by atoms with Crippen molar-refractivity contribution in [3.8, 4) is 5.75 Å². The Kier molecular flexibility index (Phi) is 2.31. The summed E-state index contributed by atoms with van der Waals surface area (Å²) in [7, 11) is 2.00. The SMILES string of the molecule is Cc1ccc2c(c1)N(C)[C@H]1[C@H](O)[C@H](N)C[C@H]1O2. The van der Waals surface area contributed by atoms with Crippen molar-refractivity contribution >= 4 is 5.69 Å². The first kappa shape index (κ1) is 10.9. The van der Waals surface area contributed by atoms with E-state index in [1.54, 1.807) is 0 Å². The van der Waals surface area contributed by atoms with Gasteiger partial charge in [0.2, 0.25) is 0 Å². The van der Waals surface area contributed by atoms with Gasteiger partial charge < -0.3 is 20.5 Å². The molecular weight excluding hydrogens is 216 g/mol. The predicted octanol–water partition coefficient (Wildman–Crippen LogP) is 0.653. The maximum absolute atomic E-state index is 10.1. The number of ether oxygens (including phenoxy) is 1. The highest BCUT2D eigenvalue weighted by molar-refractivity contribution is 5.62. The Hall–Kier alpha value is -1.26. The Bertz CT molecular complexity index is 449. The summed E-state index contributed by atoms with van der Waals surface area (Å²) in [6.45, 7) is 2.05. The smallest absolute Gasteiger partial charge is 0.143 e. The number of hydrogen-bond acceptors (Lipinski definition) is 4. The molecular formula is C13H18N2O2. The van der Waals surface area contributed by atoms with E-state index in [-0.39, 0.29) is 18.2 Å². The number of aliphatic hydroxyl groups excluding tert-OH is 1. The van der Waals surface area contributed by atoms with Crippen LogP contribution in [-0.2, 0) is 0 Å². The number of nitrogens with two attached hydrogens (primary N) is 1. The number of benzene rings is 1. The van der Waals surface area contributed by atoms with E-state index in [2.05, 4.69) is 17.9 Å². The van der Waals surface area contributed by atoms with E-state index in [1.165, 1.54) is 5.56 Å². The molecule has 0 amide bonds. The number of aliphatic hydroxyl groups is 1. The number of aryl methyl sites for hydroxylation is 1. The molecule has 1 fully saturated rings. The molecule has 1 aliphatic heterocycles. The van der Waals surface area contributed by atoms with Crippen LogP contribution in [0.4, 0.5) is 5.69 Å². The molecule has 0 radical (unpaired) electrons. The Balaban J connectivity index is 2.02. The molecule has 3 N–H and O–H groups in total. The van der Waals surface area contributed by atoms with E-state index >= 15 is 0 Å². The molecule has 1 saturated carbocycles. The minimum Gasteiger partial charge on any atom is -0.486 e. The molecule has 4 nitrogen and oxygen atoms in total. The van der Waals surface area contributed by atoms with Gasteiger partial charge in [0.05, 0.1) is 17.8 Å². The second kappa shape index (κ2) is 3.62. The minimum atomic E-state index is -0.515. The van der Waals surface area contributed by atoms with Gasteiger partial charge in [-0.05, 0) is 24.6 Å². The third-order valence-corrected chi connectivity index (χ3v) is 3.89. The molecule has 1 aliphatic carbocycles. The third-order valence-electron chi connectivity index (χ3n) is 3.89. The van der Waals surface area contributed by atoms with Crippen LogP contribution in [0.15, 0.2) is 18.2 Å². The lowest BCUT2D eigenvalue weighted by Gasteiger charge is -2.39. The largest absolute Gasteiger partial charge is 0.486 e. The van der Waals surface area contributed by atoms with E-state index < -0.39 is 6.10 Å². The molecule has 0 aromatic heterocycles. The zero-order valence-electron chi connectivity index (χ0n) is 10.1. The van der Waals surface area contributed by atoms with E-state index in [9.17, 15) is 5.11 Å². The van der Waals surface area contributed by atoms with Crippen molar-refractivity contribution < 1.29 is 9.84 Å². The summed E-state index contributed by atoms with van der Waals surface area (Å²) >= 11 is 0. The fourth-order valence-corrected chi connectivity index (χ4v) is 2.94. The van der Waals surface area contributed by atoms with Gasteiger partial charge in [-0.3, -0.25) is 0 Å². The average molecular weight is 234 g/mol. The molecule has 17 heavy (non-hydrogen) atoms. The Morgan fingerprint density at radius 1 is 1.47 bits per heavy atom. The van der Waals surface area contributed by atoms with Gasteiger partial charge in [0.25, 0.3) is 0 Å². The highest BCUT2D eigenvalue weighted by Gasteiger charge is 2.47. The molecule has 4 atom stereocenters. The molecule has 0 bridgehead atoms. The van der Waals surface area contributed by atoms with Crippen LogP contribution >= 0.6 is 0 Å². The number of nitrogens with zero attached hydrogens (tertiary/aromatic N) is 1. The van der Waals surface area contributed by atoms with Gasteiger partial charge in [0, 0.05) is 19.5 Å². The van der Waals surface area contributed by atoms with Crippen LogP contribution in [0.25, 0.3) is 0 Å². The minimum absolute atomic E-state index is 0.000191. The summed E-state index contributed by atoms with van der Waals surface area (Å²) in [5, 5.41) is 10.1. The van der Waals surface area contributed by atoms with Gasteiger partial charge in [0.1, 0.15) is 11.9 Å². The Morgan fingerprint density at radius 3 is 3.00 bits per heavy atom. The number of rotatable bonds is 0. The number of anilines is 1. The van der Waals surface area contributed by atoms with E-state index in [0.29, 0.717) is 6.42 Å². The highest BCUT2D eigenvalue weighted by atomic mass is 16.5. The van der Waals surface area contributed by atoms with Crippen molar-refractivity contribution in [2.75, 3.05) is 11.9 Å². The maximum atomic E-state index is 10.1. The second-order valence-corrected chi connectivity index (χ2v) is 5.12. The summed E-state index contributed by atoms with van der Waals surface area (Å²) in [6.07, 6.45) is 0.197. The van der Waals surface area contributed by atoms with Gasteiger partial charge in [-0.1, -0.05) is 6.07 Å². The Labute approximate surface area is 101 Å². The molecule has 0 spiro atoms. The van der Waals surface area contributed by atoms with Gasteiger partial charge >= 0.3 is 0 Å². The van der Waals surface area contributed by atoms with Crippen molar-refractivity contribution in [3.05, 3.63) is 23.8 Å². The van der Waals surface area contributed by atoms with E-state index in [0.717, 1.165) is 11.4 Å². The van der Waals surface area contributed by atoms with Crippen molar-refractivity contribution in [1.29, 1.82) is 0 Å². The van der Waals surface area contributed by atoms with Crippen LogP contribution in [-0.4, -0.2) is 36.4 Å². The zero-order chi connectivity index (χ0) is 12.2. The molecule has 0 unspecified atom stereocenters. The average Bonchev–Trinajstić information content (AvgIpc) is 2.57. The highest BCUT2D eigenvalue weighted by Crippen LogP contribution is 2.41. The van der Waals surface area contributed by atoms with Crippen LogP contribution < -0.4 is 15.4 Å². The van der Waals surface area contributed by atoms with E-state index in [1.807, 2.05) is 19.2 Å². The Morgan fingerprint density at radius 2 is 2.24 bits per heavy atom. The standard InChI is InChI=1S/C13H18N2O2/c1-7-3-4-10-9(5-7)15(2)12-11(17-10)6-8(14)13(12)16/h3-5,8,11-13,16H,6,14H2,1-2H3/t8-,11-,12-,13-/m1/s1. The van der Waals surface area contributed by atoms with Crippen LogP contribution in [0.3, 0.4) is 0 Å². The summed E-state index contributed by atoms with van der Waals surface area (Å²) in [5.74, 6) is 0.889. The van der Waals surface area contributed by atoms with Crippen molar-refractivity contribution in [2.45, 2.75) is 37.6 Å². The molecule has 2 aliphatic rings. The zero-order valence-corrected chi connectivity index (χ0v) is 10.1. The molecule has 1 heterocycles. The summed E-state index contributed by atoms with van der Waals surface area (Å²) in [4.78, 5) is 2.11. The van der Waals surface area contributed by atoms with Gasteiger partial charge in [-0.15, -0.1) is 0 Å². The molecule has 0 saturated heterocycles. The normalized spacial score (nSPS) is 35.2. The van der Waals surface area contributed by atoms with E-state index in [4.69, 9.17) is 10.5 Å². The summed E-state index contributed by atoms with van der Waals surface area (Å²) in [5.41, 5.74) is 8.14. The number of fused-ring (bicyclic) bond motifs is 2. The van der Waals surface area contributed by atoms with Crippen LogP contribution in [0, 0.1) is 6.92 Å². The third kappa shape index (κ3) is 1.51. The lowest BCUT2D eigenvalue weighted by atomic mass is 10.1. The van der Waals surface area contributed by atoms with Crippen molar-refractivity contribution in [3.63, 3.8) is 0 Å². The molecule has 1 aromatic carbocycles. The predicted molar refractivity (Wildman–Crippen MR) is 66.4 cm³/mol. The van der Waals surface area contributed by atoms with Crippen LogP contribution in [0.1, 0.15) is 12.0 Å². The fraction of sp³-hybridized carbons (Fsp3) is 0.538. The van der Waals surface area contributed by atoms with Crippen molar-refractivity contribution in [1.82, 2.24) is 0 Å².